The van der Waals surface area contributed by atoms with Crippen LogP contribution in [0.4, 0.5) is 0 Å². The second kappa shape index (κ2) is 6.84. The number of para-hydroxylation sites is 1. The highest BCUT2D eigenvalue weighted by molar-refractivity contribution is 5.92. The zero-order chi connectivity index (χ0) is 17.9. The molecule has 0 bridgehead atoms. The van der Waals surface area contributed by atoms with E-state index in [-0.39, 0.29) is 17.6 Å². The average molecular weight is 346 g/mol. The van der Waals surface area contributed by atoms with Crippen molar-refractivity contribution in [3.8, 4) is 0 Å². The number of benzene rings is 2. The predicted molar refractivity (Wildman–Crippen MR) is 97.7 cm³/mol. The molecule has 1 amide bonds. The first-order chi connectivity index (χ1) is 12.7. The van der Waals surface area contributed by atoms with Gasteiger partial charge in [0, 0.05) is 5.39 Å². The molecule has 0 saturated heterocycles. The minimum absolute atomic E-state index is 0.269. The van der Waals surface area contributed by atoms with Crippen LogP contribution < -0.4 is 5.32 Å². The second-order valence-electron chi connectivity index (χ2n) is 6.17. The van der Waals surface area contributed by atoms with Gasteiger partial charge in [-0.2, -0.15) is 0 Å². The number of rotatable bonds is 5. The summed E-state index contributed by atoms with van der Waals surface area (Å²) in [5.41, 5.74) is 2.18. The molecule has 0 spiro atoms. The molecule has 6 nitrogen and oxygen atoms in total. The molecule has 4 aromatic rings. The van der Waals surface area contributed by atoms with Crippen LogP contribution in [0.5, 0.6) is 0 Å². The Balaban J connectivity index is 1.44. The van der Waals surface area contributed by atoms with Crippen LogP contribution in [-0.4, -0.2) is 20.9 Å². The highest BCUT2D eigenvalue weighted by Gasteiger charge is 2.17. The van der Waals surface area contributed by atoms with E-state index in [1.54, 1.807) is 10.9 Å². The van der Waals surface area contributed by atoms with Crippen molar-refractivity contribution in [2.45, 2.75) is 19.5 Å². The van der Waals surface area contributed by atoms with E-state index in [0.717, 1.165) is 16.5 Å². The van der Waals surface area contributed by atoms with Crippen molar-refractivity contribution in [1.82, 2.24) is 20.3 Å². The Morgan fingerprint density at radius 2 is 1.92 bits per heavy atom. The van der Waals surface area contributed by atoms with E-state index >= 15 is 0 Å². The van der Waals surface area contributed by atoms with Crippen molar-refractivity contribution in [3.63, 3.8) is 0 Å². The standard InChI is InChI=1S/C20H18N4O2/c1-14(19-11-16-9-5-6-10-18(16)26-19)21-20(25)17-13-24(23-22-17)12-15-7-3-2-4-8-15/h2-11,13-14H,12H2,1H3,(H,21,25). The summed E-state index contributed by atoms with van der Waals surface area (Å²) in [5.74, 6) is 0.425. The fourth-order valence-electron chi connectivity index (χ4n) is 2.81. The summed E-state index contributed by atoms with van der Waals surface area (Å²) in [6.45, 7) is 2.45. The first-order valence-electron chi connectivity index (χ1n) is 8.42. The number of aromatic nitrogens is 3. The summed E-state index contributed by atoms with van der Waals surface area (Å²) in [4.78, 5) is 12.4. The summed E-state index contributed by atoms with van der Waals surface area (Å²) in [7, 11) is 0. The number of nitrogens with zero attached hydrogens (tertiary/aromatic N) is 3. The molecule has 130 valence electrons. The molecule has 26 heavy (non-hydrogen) atoms. The maximum atomic E-state index is 12.4. The van der Waals surface area contributed by atoms with Gasteiger partial charge in [0.2, 0.25) is 0 Å². The van der Waals surface area contributed by atoms with Crippen LogP contribution in [0.3, 0.4) is 0 Å². The molecular formula is C20H18N4O2. The number of nitrogens with one attached hydrogen (secondary N) is 1. The molecule has 0 saturated carbocycles. The van der Waals surface area contributed by atoms with E-state index in [9.17, 15) is 4.79 Å². The number of fused-ring (bicyclic) bond motifs is 1. The zero-order valence-corrected chi connectivity index (χ0v) is 14.3. The van der Waals surface area contributed by atoms with Crippen LogP contribution in [0.25, 0.3) is 11.0 Å². The Hall–Kier alpha value is -3.41. The highest BCUT2D eigenvalue weighted by Crippen LogP contribution is 2.23. The van der Waals surface area contributed by atoms with Gasteiger partial charge in [-0.1, -0.05) is 53.7 Å². The number of amides is 1. The molecule has 1 N–H and O–H groups in total. The molecule has 0 fully saturated rings. The quantitative estimate of drug-likeness (QED) is 0.600. The van der Waals surface area contributed by atoms with Crippen LogP contribution >= 0.6 is 0 Å². The molecule has 0 radical (unpaired) electrons. The summed E-state index contributed by atoms with van der Waals surface area (Å²) in [5, 5.41) is 11.9. The first-order valence-corrected chi connectivity index (χ1v) is 8.42. The van der Waals surface area contributed by atoms with E-state index in [1.165, 1.54) is 0 Å². The molecular weight excluding hydrogens is 328 g/mol. The van der Waals surface area contributed by atoms with Gasteiger partial charge < -0.3 is 9.73 Å². The number of hydrogen-bond donors (Lipinski definition) is 1. The Morgan fingerprint density at radius 1 is 1.15 bits per heavy atom. The first kappa shape index (κ1) is 16.1. The molecule has 0 aliphatic heterocycles. The molecule has 2 heterocycles. The van der Waals surface area contributed by atoms with E-state index in [4.69, 9.17) is 4.42 Å². The van der Waals surface area contributed by atoms with Gasteiger partial charge >= 0.3 is 0 Å². The van der Waals surface area contributed by atoms with Gasteiger partial charge in [-0.15, -0.1) is 5.10 Å². The van der Waals surface area contributed by atoms with Crippen molar-refractivity contribution in [2.24, 2.45) is 0 Å². The van der Waals surface area contributed by atoms with Gasteiger partial charge in [-0.25, -0.2) is 4.68 Å². The largest absolute Gasteiger partial charge is 0.459 e. The fourth-order valence-corrected chi connectivity index (χ4v) is 2.81. The van der Waals surface area contributed by atoms with Crippen LogP contribution in [0.1, 0.15) is 34.8 Å². The van der Waals surface area contributed by atoms with E-state index in [1.807, 2.05) is 67.6 Å². The van der Waals surface area contributed by atoms with Crippen LogP contribution in [-0.2, 0) is 6.54 Å². The molecule has 6 heteroatoms. The Morgan fingerprint density at radius 3 is 2.73 bits per heavy atom. The average Bonchev–Trinajstić information content (AvgIpc) is 3.29. The van der Waals surface area contributed by atoms with E-state index < -0.39 is 0 Å². The normalized spacial score (nSPS) is 12.2. The van der Waals surface area contributed by atoms with Crippen molar-refractivity contribution in [1.29, 1.82) is 0 Å². The summed E-state index contributed by atoms with van der Waals surface area (Å²) in [6, 6.07) is 19.3. The van der Waals surface area contributed by atoms with Crippen molar-refractivity contribution in [2.75, 3.05) is 0 Å². The molecule has 2 aromatic heterocycles. The monoisotopic (exact) mass is 346 g/mol. The topological polar surface area (TPSA) is 73.0 Å². The van der Waals surface area contributed by atoms with Gasteiger partial charge in [0.1, 0.15) is 11.3 Å². The summed E-state index contributed by atoms with van der Waals surface area (Å²) < 4.78 is 7.44. The lowest BCUT2D eigenvalue weighted by Crippen LogP contribution is -2.26. The minimum Gasteiger partial charge on any atom is -0.459 e. The molecule has 0 aliphatic rings. The van der Waals surface area contributed by atoms with Gasteiger partial charge in [0.15, 0.2) is 5.69 Å². The highest BCUT2D eigenvalue weighted by atomic mass is 16.3. The van der Waals surface area contributed by atoms with E-state index in [2.05, 4.69) is 15.6 Å². The van der Waals surface area contributed by atoms with Crippen LogP contribution in [0.2, 0.25) is 0 Å². The Kier molecular flexibility index (Phi) is 4.23. The Bertz CT molecular complexity index is 1000. The summed E-state index contributed by atoms with van der Waals surface area (Å²) in [6.07, 6.45) is 1.65. The molecule has 1 unspecified atom stereocenters. The Labute approximate surface area is 150 Å². The fraction of sp³-hybridized carbons (Fsp3) is 0.150. The number of carbonyl (C=O) groups is 1. The molecule has 4 rings (SSSR count). The molecule has 0 aliphatic carbocycles. The van der Waals surface area contributed by atoms with Crippen LogP contribution in [0, 0.1) is 0 Å². The van der Waals surface area contributed by atoms with Crippen molar-refractivity contribution < 1.29 is 9.21 Å². The van der Waals surface area contributed by atoms with Gasteiger partial charge in [0.05, 0.1) is 18.8 Å². The second-order valence-corrected chi connectivity index (χ2v) is 6.17. The number of furan rings is 1. The van der Waals surface area contributed by atoms with Crippen LogP contribution in [0.15, 0.2) is 71.3 Å². The van der Waals surface area contributed by atoms with Crippen molar-refractivity contribution in [3.05, 3.63) is 83.9 Å². The molecule has 2 aromatic carbocycles. The lowest BCUT2D eigenvalue weighted by molar-refractivity contribution is 0.0930. The lowest BCUT2D eigenvalue weighted by atomic mass is 10.2. The number of hydrogen-bond acceptors (Lipinski definition) is 4. The van der Waals surface area contributed by atoms with Gasteiger partial charge in [-0.05, 0) is 24.6 Å². The smallest absolute Gasteiger partial charge is 0.274 e. The predicted octanol–water partition coefficient (Wildman–Crippen LogP) is 3.56. The van der Waals surface area contributed by atoms with Crippen molar-refractivity contribution >= 4 is 16.9 Å². The third-order valence-electron chi connectivity index (χ3n) is 4.18. The zero-order valence-electron chi connectivity index (χ0n) is 14.3. The third kappa shape index (κ3) is 3.35. The van der Waals surface area contributed by atoms with E-state index in [0.29, 0.717) is 12.3 Å². The summed E-state index contributed by atoms with van der Waals surface area (Å²) >= 11 is 0. The SMILES string of the molecule is CC(NC(=O)c1cn(Cc2ccccc2)nn1)c1cc2ccccc2o1. The lowest BCUT2D eigenvalue weighted by Gasteiger charge is -2.09. The van der Waals surface area contributed by atoms with Gasteiger partial charge in [-0.3, -0.25) is 4.79 Å². The maximum absolute atomic E-state index is 12.4. The molecule has 1 atom stereocenters. The minimum atomic E-state index is -0.280. The maximum Gasteiger partial charge on any atom is 0.274 e. The third-order valence-corrected chi connectivity index (χ3v) is 4.18. The number of carbonyl (C=O) groups excluding carboxylic acids is 1. The van der Waals surface area contributed by atoms with Gasteiger partial charge in [0.25, 0.3) is 5.91 Å².